The number of carbonyl (C=O) groups excluding carboxylic acids is 3. The monoisotopic (exact) mass is 697 g/mol. The third-order valence-electron chi connectivity index (χ3n) is 9.28. The molecule has 13 heteroatoms. The molecule has 0 radical (unpaired) electrons. The number of ether oxygens (including phenoxy) is 5. The van der Waals surface area contributed by atoms with Crippen LogP contribution in [0.4, 0.5) is 5.69 Å². The van der Waals surface area contributed by atoms with Crippen LogP contribution in [0.3, 0.4) is 0 Å². The number of hydrogen-bond acceptors (Lipinski definition) is 10. The van der Waals surface area contributed by atoms with Crippen molar-refractivity contribution >= 4 is 34.6 Å². The zero-order valence-electron chi connectivity index (χ0n) is 29.5. The average Bonchev–Trinajstić information content (AvgIpc) is 3.75. The topological polar surface area (TPSA) is 164 Å². The summed E-state index contributed by atoms with van der Waals surface area (Å²) in [7, 11) is 0. The maximum Gasteiger partial charge on any atom is 0.338 e. The molecule has 2 aliphatic heterocycles. The standard InChI is InChI=1S/C22H23N5O3.C16H20O5/c1-4-17-14(3)19(30-22(28)15-8-6-5-7-9-15)21(29-17)27-12-13(2)18-16(25-26-23)10-11-24-20(18)27;1-4-13-10(2)14(16(20-13)19-11(3)17)21-15(18)12-8-6-5-7-9-12/h5-12,14,17,19,21H,4H2,1-3H3;5-10,13-14,16H,4H2,1-3H3/t14-,17-,19-,21-;10-,13-,14-,16-/m11/s1. The van der Waals surface area contributed by atoms with Crippen molar-refractivity contribution < 1.29 is 38.1 Å². The Kier molecular flexibility index (Phi) is 12.1. The van der Waals surface area contributed by atoms with Gasteiger partial charge in [-0.3, -0.25) is 4.79 Å². The summed E-state index contributed by atoms with van der Waals surface area (Å²) in [6.45, 7) is 11.2. The van der Waals surface area contributed by atoms with Crippen LogP contribution in [0.5, 0.6) is 0 Å². The number of aromatic nitrogens is 2. The molecule has 2 fully saturated rings. The fraction of sp³-hybridized carbons (Fsp3) is 0.421. The van der Waals surface area contributed by atoms with Crippen LogP contribution in [0.2, 0.25) is 0 Å². The zero-order chi connectivity index (χ0) is 36.7. The molecule has 0 bridgehead atoms. The summed E-state index contributed by atoms with van der Waals surface area (Å²) < 4.78 is 30.5. The maximum atomic E-state index is 12.8. The van der Waals surface area contributed by atoms with E-state index in [1.54, 1.807) is 48.7 Å². The molecule has 6 rings (SSSR count). The quantitative estimate of drug-likeness (QED) is 0.0554. The van der Waals surface area contributed by atoms with E-state index < -0.39 is 36.7 Å². The Morgan fingerprint density at radius 2 is 1.39 bits per heavy atom. The number of azide groups is 1. The van der Waals surface area contributed by atoms with E-state index in [0.29, 0.717) is 22.5 Å². The van der Waals surface area contributed by atoms with Crippen LogP contribution >= 0.6 is 0 Å². The molecule has 13 nitrogen and oxygen atoms in total. The van der Waals surface area contributed by atoms with Crippen molar-refractivity contribution in [2.75, 3.05) is 0 Å². The van der Waals surface area contributed by atoms with Gasteiger partial charge in [-0.25, -0.2) is 14.6 Å². The number of esters is 3. The second kappa shape index (κ2) is 16.7. The molecular formula is C38H43N5O8. The van der Waals surface area contributed by atoms with Crippen molar-refractivity contribution in [3.63, 3.8) is 0 Å². The molecule has 2 aliphatic rings. The first-order chi connectivity index (χ1) is 24.6. The van der Waals surface area contributed by atoms with Crippen LogP contribution in [0.25, 0.3) is 21.5 Å². The Labute approximate surface area is 296 Å². The second-order valence-electron chi connectivity index (χ2n) is 12.7. The highest BCUT2D eigenvalue weighted by Crippen LogP contribution is 2.41. The normalized spacial score (nSPS) is 25.3. The number of pyridine rings is 1. The Balaban J connectivity index is 0.000000211. The lowest BCUT2D eigenvalue weighted by molar-refractivity contribution is -0.186. The molecular weight excluding hydrogens is 654 g/mol. The molecule has 268 valence electrons. The Bertz CT molecular complexity index is 1880. The van der Waals surface area contributed by atoms with Gasteiger partial charge in [0.2, 0.25) is 6.29 Å². The fourth-order valence-corrected chi connectivity index (χ4v) is 6.64. The largest absolute Gasteiger partial charge is 0.454 e. The van der Waals surface area contributed by atoms with Crippen molar-refractivity contribution in [1.82, 2.24) is 9.55 Å². The van der Waals surface area contributed by atoms with Gasteiger partial charge < -0.3 is 28.3 Å². The Morgan fingerprint density at radius 1 is 0.843 bits per heavy atom. The van der Waals surface area contributed by atoms with Gasteiger partial charge in [-0.2, -0.15) is 0 Å². The molecule has 2 aromatic heterocycles. The summed E-state index contributed by atoms with van der Waals surface area (Å²) in [5.41, 5.74) is 11.9. The van der Waals surface area contributed by atoms with Crippen LogP contribution in [-0.2, 0) is 28.5 Å². The van der Waals surface area contributed by atoms with Gasteiger partial charge in [0.05, 0.1) is 29.0 Å². The number of fused-ring (bicyclic) bond motifs is 1. The van der Waals surface area contributed by atoms with E-state index >= 15 is 0 Å². The van der Waals surface area contributed by atoms with Gasteiger partial charge >= 0.3 is 17.9 Å². The summed E-state index contributed by atoms with van der Waals surface area (Å²) in [5, 5.41) is 4.55. The molecule has 0 unspecified atom stereocenters. The van der Waals surface area contributed by atoms with Crippen molar-refractivity contribution in [3.8, 4) is 0 Å². The van der Waals surface area contributed by atoms with Gasteiger partial charge in [0.1, 0.15) is 5.65 Å². The first-order valence-electron chi connectivity index (χ1n) is 17.1. The highest BCUT2D eigenvalue weighted by molar-refractivity contribution is 5.92. The Morgan fingerprint density at radius 3 is 1.94 bits per heavy atom. The van der Waals surface area contributed by atoms with Crippen molar-refractivity contribution in [2.24, 2.45) is 17.0 Å². The number of nitrogens with zero attached hydrogens (tertiary/aromatic N) is 5. The zero-order valence-corrected chi connectivity index (χ0v) is 29.5. The van der Waals surface area contributed by atoms with E-state index in [1.807, 2.05) is 62.7 Å². The van der Waals surface area contributed by atoms with E-state index in [-0.39, 0.29) is 30.0 Å². The molecule has 4 heterocycles. The number of aryl methyl sites for hydroxylation is 1. The van der Waals surface area contributed by atoms with Crippen molar-refractivity contribution in [3.05, 3.63) is 106 Å². The van der Waals surface area contributed by atoms with Gasteiger partial charge in [-0.05, 0) is 61.2 Å². The second-order valence-corrected chi connectivity index (χ2v) is 12.7. The molecule has 4 aromatic rings. The van der Waals surface area contributed by atoms with Gasteiger partial charge in [0, 0.05) is 41.5 Å². The summed E-state index contributed by atoms with van der Waals surface area (Å²) in [6, 6.07) is 19.3. The maximum absolute atomic E-state index is 12.8. The predicted molar refractivity (Wildman–Crippen MR) is 188 cm³/mol. The lowest BCUT2D eigenvalue weighted by atomic mass is 9.98. The van der Waals surface area contributed by atoms with Gasteiger partial charge in [0.15, 0.2) is 18.4 Å². The minimum absolute atomic E-state index is 0.00531. The molecule has 8 atom stereocenters. The molecule has 2 aromatic carbocycles. The molecule has 0 amide bonds. The minimum Gasteiger partial charge on any atom is -0.454 e. The third-order valence-corrected chi connectivity index (χ3v) is 9.28. The first kappa shape index (κ1) is 37.0. The van der Waals surface area contributed by atoms with Gasteiger partial charge in [0.25, 0.3) is 0 Å². The van der Waals surface area contributed by atoms with Gasteiger partial charge in [-0.15, -0.1) is 0 Å². The summed E-state index contributed by atoms with van der Waals surface area (Å²) in [5.74, 6) is -1.30. The van der Waals surface area contributed by atoms with E-state index in [4.69, 9.17) is 29.2 Å². The Hall–Kier alpha value is -5.23. The highest BCUT2D eigenvalue weighted by Gasteiger charge is 2.46. The molecule has 51 heavy (non-hydrogen) atoms. The van der Waals surface area contributed by atoms with E-state index in [9.17, 15) is 14.4 Å². The molecule has 0 N–H and O–H groups in total. The molecule has 0 aliphatic carbocycles. The number of benzene rings is 2. The van der Waals surface area contributed by atoms with Crippen LogP contribution in [0, 0.1) is 18.8 Å². The molecule has 0 saturated carbocycles. The smallest absolute Gasteiger partial charge is 0.338 e. The van der Waals surface area contributed by atoms with Crippen molar-refractivity contribution in [2.45, 2.75) is 91.3 Å². The molecule has 0 spiro atoms. The van der Waals surface area contributed by atoms with Crippen LogP contribution in [-0.4, -0.2) is 58.2 Å². The number of rotatable bonds is 9. The van der Waals surface area contributed by atoms with E-state index in [1.165, 1.54) is 6.92 Å². The highest BCUT2D eigenvalue weighted by atomic mass is 16.7. The number of carbonyl (C=O) groups is 3. The fourth-order valence-electron chi connectivity index (χ4n) is 6.64. The summed E-state index contributed by atoms with van der Waals surface area (Å²) in [6.07, 6.45) is 2.48. The van der Waals surface area contributed by atoms with Crippen LogP contribution < -0.4 is 0 Å². The van der Waals surface area contributed by atoms with E-state index in [2.05, 4.69) is 21.9 Å². The predicted octanol–water partition coefficient (Wildman–Crippen LogP) is 8.00. The summed E-state index contributed by atoms with van der Waals surface area (Å²) in [4.78, 5) is 43.5. The first-order valence-corrected chi connectivity index (χ1v) is 17.1. The van der Waals surface area contributed by atoms with Crippen LogP contribution in [0.1, 0.15) is 80.0 Å². The van der Waals surface area contributed by atoms with Crippen LogP contribution in [0.15, 0.2) is 84.2 Å². The molecule has 2 saturated heterocycles. The minimum atomic E-state index is -0.838. The van der Waals surface area contributed by atoms with E-state index in [0.717, 1.165) is 23.8 Å². The van der Waals surface area contributed by atoms with Gasteiger partial charge in [-0.1, -0.05) is 69.2 Å². The summed E-state index contributed by atoms with van der Waals surface area (Å²) >= 11 is 0. The average molecular weight is 698 g/mol. The number of hydrogen-bond donors (Lipinski definition) is 0. The lowest BCUT2D eigenvalue weighted by Gasteiger charge is -2.23. The SMILES string of the molecule is CC[C@H]1O[C@@H](OC(C)=O)[C@H](OC(=O)c2ccccc2)[C@@H]1C.CC[C@H]1O[C@@H](n2cc(C)c3c(N=[N+]=[N-])ccnc32)[C@H](OC(=O)c2ccccc2)[C@@H]1C. The lowest BCUT2D eigenvalue weighted by Crippen LogP contribution is -2.34. The third kappa shape index (κ3) is 8.23. The van der Waals surface area contributed by atoms with Crippen molar-refractivity contribution in [1.29, 1.82) is 0 Å².